The molecule has 2 aromatic carbocycles. The molecule has 34 heavy (non-hydrogen) atoms. The maximum absolute atomic E-state index is 15.0. The van der Waals surface area contributed by atoms with Crippen LogP contribution >= 0.6 is 22.7 Å². The minimum Gasteiger partial charge on any atom is -0.493 e. The maximum atomic E-state index is 15.0. The summed E-state index contributed by atoms with van der Waals surface area (Å²) in [6, 6.07) is 7.80. The van der Waals surface area contributed by atoms with Gasteiger partial charge in [-0.2, -0.15) is 0 Å². The van der Waals surface area contributed by atoms with Gasteiger partial charge in [-0.25, -0.2) is 23.5 Å². The Labute approximate surface area is 197 Å². The van der Waals surface area contributed by atoms with Crippen molar-refractivity contribution in [2.45, 2.75) is 6.61 Å². The van der Waals surface area contributed by atoms with Gasteiger partial charge in [0.1, 0.15) is 11.5 Å². The second-order valence-electron chi connectivity index (χ2n) is 7.09. The van der Waals surface area contributed by atoms with Gasteiger partial charge < -0.3 is 19.6 Å². The zero-order valence-electron chi connectivity index (χ0n) is 17.3. The lowest BCUT2D eigenvalue weighted by Crippen LogP contribution is -2.34. The predicted octanol–water partition coefficient (Wildman–Crippen LogP) is 3.78. The van der Waals surface area contributed by atoms with Crippen LogP contribution in [0.3, 0.4) is 0 Å². The molecule has 172 valence electrons. The average Bonchev–Trinajstić information content (AvgIpc) is 3.46. The molecule has 2 N–H and O–H groups in total. The highest BCUT2D eigenvalue weighted by Crippen LogP contribution is 2.33. The third-order valence-electron chi connectivity index (χ3n) is 5.15. The van der Waals surface area contributed by atoms with E-state index in [0.29, 0.717) is 4.57 Å². The Morgan fingerprint density at radius 3 is 2.82 bits per heavy atom. The van der Waals surface area contributed by atoms with Crippen LogP contribution in [0.25, 0.3) is 26.8 Å². The number of carboxylic acid groups (broad SMARTS) is 1. The van der Waals surface area contributed by atoms with Gasteiger partial charge in [-0.3, -0.25) is 4.79 Å². The standard InChI is InChI=1S/C22H14FN3O6S2/c1-31-14-5-11(23)13(6-15(14)32-7-10-3-2-4-16-18(10)24-9-34-16)26-20(27)17-12(25-22(26)30)8-33-19(17)21(28)29/h2-6,8-9H,7H2,1H3,(H,25,30)(H,28,29). The highest BCUT2D eigenvalue weighted by atomic mass is 32.1. The Balaban J connectivity index is 1.63. The van der Waals surface area contributed by atoms with Gasteiger partial charge in [-0.05, 0) is 6.07 Å². The molecule has 9 nitrogen and oxygen atoms in total. The molecule has 0 aliphatic heterocycles. The van der Waals surface area contributed by atoms with Crippen LogP contribution in [0, 0.1) is 5.82 Å². The number of carboxylic acids is 1. The first-order valence-corrected chi connectivity index (χ1v) is 11.5. The Hall–Kier alpha value is -4.03. The summed E-state index contributed by atoms with van der Waals surface area (Å²) in [7, 11) is 1.33. The molecule has 3 aromatic heterocycles. The van der Waals surface area contributed by atoms with Gasteiger partial charge in [0.2, 0.25) is 0 Å². The molecule has 5 rings (SSSR count). The molecule has 0 fully saturated rings. The number of aromatic carboxylic acids is 1. The number of ether oxygens (including phenoxy) is 2. The van der Waals surface area contributed by atoms with E-state index >= 15 is 4.39 Å². The molecule has 0 amide bonds. The van der Waals surface area contributed by atoms with Crippen molar-refractivity contribution in [3.8, 4) is 17.2 Å². The fourth-order valence-corrected chi connectivity index (χ4v) is 5.15. The fraction of sp³-hybridized carbons (Fsp3) is 0.0909. The first kappa shape index (κ1) is 21.8. The number of benzene rings is 2. The van der Waals surface area contributed by atoms with Gasteiger partial charge in [-0.15, -0.1) is 22.7 Å². The van der Waals surface area contributed by atoms with Crippen LogP contribution in [0.2, 0.25) is 0 Å². The van der Waals surface area contributed by atoms with Crippen molar-refractivity contribution in [3.63, 3.8) is 0 Å². The summed E-state index contributed by atoms with van der Waals surface area (Å²) < 4.78 is 27.6. The normalized spacial score (nSPS) is 11.2. The van der Waals surface area contributed by atoms with Gasteiger partial charge in [0, 0.05) is 23.1 Å². The van der Waals surface area contributed by atoms with Crippen LogP contribution in [0.15, 0.2) is 50.8 Å². The number of thiazole rings is 1. The largest absolute Gasteiger partial charge is 0.493 e. The van der Waals surface area contributed by atoms with E-state index in [1.807, 2.05) is 18.2 Å². The number of halogens is 1. The lowest BCUT2D eigenvalue weighted by atomic mass is 10.2. The van der Waals surface area contributed by atoms with E-state index in [1.54, 1.807) is 5.51 Å². The highest BCUT2D eigenvalue weighted by molar-refractivity contribution is 7.16. The molecule has 0 radical (unpaired) electrons. The van der Waals surface area contributed by atoms with Crippen molar-refractivity contribution in [2.75, 3.05) is 7.11 Å². The van der Waals surface area contributed by atoms with Gasteiger partial charge in [-0.1, -0.05) is 12.1 Å². The summed E-state index contributed by atoms with van der Waals surface area (Å²) in [6.45, 7) is 0.0699. The predicted molar refractivity (Wildman–Crippen MR) is 125 cm³/mol. The van der Waals surface area contributed by atoms with Crippen LogP contribution in [0.4, 0.5) is 4.39 Å². The molecular formula is C22H14FN3O6S2. The highest BCUT2D eigenvalue weighted by Gasteiger charge is 2.22. The third-order valence-corrected chi connectivity index (χ3v) is 6.91. The molecule has 0 saturated carbocycles. The molecule has 0 bridgehead atoms. The molecule has 0 aliphatic carbocycles. The van der Waals surface area contributed by atoms with Crippen molar-refractivity contribution in [1.29, 1.82) is 0 Å². The van der Waals surface area contributed by atoms with E-state index < -0.39 is 28.7 Å². The maximum Gasteiger partial charge on any atom is 0.346 e. The zero-order valence-corrected chi connectivity index (χ0v) is 19.0. The summed E-state index contributed by atoms with van der Waals surface area (Å²) in [5.41, 5.74) is 1.05. The molecule has 0 aliphatic rings. The van der Waals surface area contributed by atoms with Crippen LogP contribution in [-0.4, -0.2) is 32.7 Å². The van der Waals surface area contributed by atoms with Crippen molar-refractivity contribution >= 4 is 49.8 Å². The molecule has 5 aromatic rings. The number of para-hydroxylation sites is 1. The van der Waals surface area contributed by atoms with E-state index in [9.17, 15) is 19.5 Å². The number of rotatable bonds is 6. The third kappa shape index (κ3) is 3.53. The second kappa shape index (κ2) is 8.39. The number of nitrogens with zero attached hydrogens (tertiary/aromatic N) is 2. The Morgan fingerprint density at radius 2 is 2.06 bits per heavy atom. The molecular weight excluding hydrogens is 485 g/mol. The smallest absolute Gasteiger partial charge is 0.346 e. The summed E-state index contributed by atoms with van der Waals surface area (Å²) in [6.07, 6.45) is 0. The number of carbonyl (C=O) groups is 1. The summed E-state index contributed by atoms with van der Waals surface area (Å²) in [5.74, 6) is -2.11. The first-order chi connectivity index (χ1) is 16.4. The Kier molecular flexibility index (Phi) is 5.38. The molecule has 12 heteroatoms. The molecule has 0 saturated heterocycles. The van der Waals surface area contributed by atoms with Crippen molar-refractivity contribution in [3.05, 3.63) is 78.3 Å². The van der Waals surface area contributed by atoms with E-state index in [2.05, 4.69) is 9.97 Å². The zero-order chi connectivity index (χ0) is 24.0. The number of methoxy groups -OCH3 is 1. The van der Waals surface area contributed by atoms with E-state index in [4.69, 9.17) is 9.47 Å². The van der Waals surface area contributed by atoms with Crippen molar-refractivity contribution in [1.82, 2.24) is 14.5 Å². The lowest BCUT2D eigenvalue weighted by molar-refractivity contribution is 0.0704. The summed E-state index contributed by atoms with van der Waals surface area (Å²) in [5, 5.41) is 10.5. The monoisotopic (exact) mass is 499 g/mol. The Bertz CT molecular complexity index is 1700. The van der Waals surface area contributed by atoms with E-state index in [1.165, 1.54) is 29.9 Å². The topological polar surface area (TPSA) is 124 Å². The van der Waals surface area contributed by atoms with Crippen LogP contribution < -0.4 is 20.7 Å². The van der Waals surface area contributed by atoms with Gasteiger partial charge >= 0.3 is 11.7 Å². The van der Waals surface area contributed by atoms with E-state index in [0.717, 1.165) is 33.2 Å². The minimum atomic E-state index is -1.33. The van der Waals surface area contributed by atoms with Crippen LogP contribution in [0.1, 0.15) is 15.2 Å². The molecule has 3 heterocycles. The second-order valence-corrected chi connectivity index (χ2v) is 8.85. The van der Waals surface area contributed by atoms with Gasteiger partial charge in [0.15, 0.2) is 17.3 Å². The van der Waals surface area contributed by atoms with Crippen LogP contribution in [-0.2, 0) is 6.61 Å². The number of aromatic nitrogens is 3. The number of H-pyrrole nitrogens is 1. The number of fused-ring (bicyclic) bond motifs is 2. The van der Waals surface area contributed by atoms with Crippen molar-refractivity contribution in [2.24, 2.45) is 0 Å². The number of hydrogen-bond donors (Lipinski definition) is 2. The fourth-order valence-electron chi connectivity index (χ4n) is 3.60. The van der Waals surface area contributed by atoms with Gasteiger partial charge in [0.25, 0.3) is 5.56 Å². The van der Waals surface area contributed by atoms with Gasteiger partial charge in [0.05, 0.1) is 39.4 Å². The first-order valence-electron chi connectivity index (χ1n) is 9.70. The lowest BCUT2D eigenvalue weighted by Gasteiger charge is -2.14. The average molecular weight is 500 g/mol. The number of thiophene rings is 1. The molecule has 0 unspecified atom stereocenters. The summed E-state index contributed by atoms with van der Waals surface area (Å²) >= 11 is 2.27. The summed E-state index contributed by atoms with van der Waals surface area (Å²) in [4.78, 5) is 43.8. The SMILES string of the molecule is COc1cc(F)c(-n2c(=O)[nH]c3csc(C(=O)O)c3c2=O)cc1OCc1cccc2scnc12. The van der Waals surface area contributed by atoms with E-state index in [-0.39, 0.29) is 33.9 Å². The molecule has 0 atom stereocenters. The number of hydrogen-bond acceptors (Lipinski definition) is 8. The van der Waals surface area contributed by atoms with Crippen LogP contribution in [0.5, 0.6) is 11.5 Å². The van der Waals surface area contributed by atoms with Crippen molar-refractivity contribution < 1.29 is 23.8 Å². The molecule has 0 spiro atoms. The Morgan fingerprint density at radius 1 is 1.24 bits per heavy atom. The quantitative estimate of drug-likeness (QED) is 0.364. The number of nitrogens with one attached hydrogen (secondary N) is 1. The minimum absolute atomic E-state index is 0.0546. The number of aromatic amines is 1.